The van der Waals surface area contributed by atoms with Gasteiger partial charge in [-0.2, -0.15) is 4.98 Å². The van der Waals surface area contributed by atoms with Gasteiger partial charge in [-0.25, -0.2) is 4.39 Å². The predicted molar refractivity (Wildman–Crippen MR) is 64.3 cm³/mol. The van der Waals surface area contributed by atoms with Gasteiger partial charge in [0, 0.05) is 5.56 Å². The monoisotopic (exact) mass is 250 g/mol. The molecule has 1 heterocycles. The zero-order chi connectivity index (χ0) is 13.1. The third-order valence-corrected chi connectivity index (χ3v) is 2.72. The highest BCUT2D eigenvalue weighted by atomic mass is 19.1. The summed E-state index contributed by atoms with van der Waals surface area (Å²) in [5, 5.41) is 13.4. The lowest BCUT2D eigenvalue weighted by atomic mass is 10.1. The van der Waals surface area contributed by atoms with Crippen LogP contribution in [0.3, 0.4) is 0 Å². The van der Waals surface area contributed by atoms with Gasteiger partial charge in [-0.05, 0) is 31.0 Å². The van der Waals surface area contributed by atoms with E-state index < -0.39 is 6.10 Å². The first-order valence-corrected chi connectivity index (χ1v) is 5.90. The van der Waals surface area contributed by atoms with E-state index in [1.807, 2.05) is 6.92 Å². The van der Waals surface area contributed by atoms with Gasteiger partial charge in [-0.3, -0.25) is 0 Å². The van der Waals surface area contributed by atoms with Crippen molar-refractivity contribution in [1.82, 2.24) is 10.1 Å². The Morgan fingerprint density at radius 2 is 2.22 bits per heavy atom. The molecule has 1 atom stereocenters. The minimum absolute atomic E-state index is 0.221. The van der Waals surface area contributed by atoms with Crippen LogP contribution >= 0.6 is 0 Å². The first-order valence-electron chi connectivity index (χ1n) is 5.90. The van der Waals surface area contributed by atoms with E-state index in [1.54, 1.807) is 19.1 Å². The van der Waals surface area contributed by atoms with Crippen LogP contribution in [0.5, 0.6) is 0 Å². The van der Waals surface area contributed by atoms with Crippen LogP contribution in [0.4, 0.5) is 4.39 Å². The highest BCUT2D eigenvalue weighted by Crippen LogP contribution is 2.22. The first-order chi connectivity index (χ1) is 8.61. The maximum atomic E-state index is 13.4. The summed E-state index contributed by atoms with van der Waals surface area (Å²) in [5.74, 6) is 0.147. The average molecular weight is 250 g/mol. The molecule has 0 aliphatic carbocycles. The Balaban J connectivity index is 2.26. The second kappa shape index (κ2) is 5.27. The summed E-state index contributed by atoms with van der Waals surface area (Å²) in [6.07, 6.45) is 0.661. The largest absolute Gasteiger partial charge is 0.385 e. The fourth-order valence-corrected chi connectivity index (χ4v) is 1.62. The Kier molecular flexibility index (Phi) is 3.72. The van der Waals surface area contributed by atoms with Crippen molar-refractivity contribution in [2.75, 3.05) is 0 Å². The summed E-state index contributed by atoms with van der Waals surface area (Å²) in [6.45, 7) is 3.64. The van der Waals surface area contributed by atoms with Crippen molar-refractivity contribution < 1.29 is 14.0 Å². The van der Waals surface area contributed by atoms with Gasteiger partial charge in [0.2, 0.25) is 5.82 Å². The molecule has 0 fully saturated rings. The lowest BCUT2D eigenvalue weighted by Gasteiger charge is -2.01. The van der Waals surface area contributed by atoms with E-state index >= 15 is 0 Å². The van der Waals surface area contributed by atoms with Gasteiger partial charge < -0.3 is 9.63 Å². The van der Waals surface area contributed by atoms with E-state index in [0.717, 1.165) is 6.42 Å². The Hall–Kier alpha value is -1.75. The SMILES string of the molecule is CCCC(O)c1noc(-c2ccc(C)c(F)c2)n1. The molecule has 0 amide bonds. The quantitative estimate of drug-likeness (QED) is 0.906. The number of aliphatic hydroxyl groups is 1. The standard InChI is InChI=1S/C13H15FN2O2/c1-3-4-11(17)12-15-13(18-16-12)9-6-5-8(2)10(14)7-9/h5-7,11,17H,3-4H2,1-2H3. The number of aryl methyl sites for hydroxylation is 1. The molecule has 18 heavy (non-hydrogen) atoms. The number of hydrogen-bond acceptors (Lipinski definition) is 4. The van der Waals surface area contributed by atoms with Crippen molar-refractivity contribution in [3.63, 3.8) is 0 Å². The van der Waals surface area contributed by atoms with Gasteiger partial charge in [0.15, 0.2) is 0 Å². The summed E-state index contributed by atoms with van der Waals surface area (Å²) in [4.78, 5) is 4.08. The van der Waals surface area contributed by atoms with Crippen LogP contribution in [-0.2, 0) is 0 Å². The van der Waals surface area contributed by atoms with Crippen molar-refractivity contribution >= 4 is 0 Å². The van der Waals surface area contributed by atoms with Crippen molar-refractivity contribution in [2.24, 2.45) is 0 Å². The lowest BCUT2D eigenvalue weighted by molar-refractivity contribution is 0.153. The number of halogens is 1. The fraction of sp³-hybridized carbons (Fsp3) is 0.385. The molecule has 1 aromatic heterocycles. The molecule has 0 aliphatic heterocycles. The molecule has 0 radical (unpaired) electrons. The smallest absolute Gasteiger partial charge is 0.258 e. The van der Waals surface area contributed by atoms with E-state index in [2.05, 4.69) is 10.1 Å². The molecule has 1 unspecified atom stereocenters. The molecule has 2 rings (SSSR count). The number of hydrogen-bond donors (Lipinski definition) is 1. The van der Waals surface area contributed by atoms with Gasteiger partial charge in [0.25, 0.3) is 5.89 Å². The van der Waals surface area contributed by atoms with Gasteiger partial charge in [0.05, 0.1) is 0 Å². The van der Waals surface area contributed by atoms with Crippen molar-refractivity contribution in [1.29, 1.82) is 0 Å². The summed E-state index contributed by atoms with van der Waals surface area (Å²) >= 11 is 0. The summed E-state index contributed by atoms with van der Waals surface area (Å²) in [5.41, 5.74) is 1.07. The fourth-order valence-electron chi connectivity index (χ4n) is 1.62. The minimum Gasteiger partial charge on any atom is -0.385 e. The molecule has 0 spiro atoms. The second-order valence-electron chi connectivity index (χ2n) is 4.23. The lowest BCUT2D eigenvalue weighted by Crippen LogP contribution is -1.98. The van der Waals surface area contributed by atoms with E-state index in [1.165, 1.54) is 6.07 Å². The Bertz CT molecular complexity index is 540. The van der Waals surface area contributed by atoms with Gasteiger partial charge in [0.1, 0.15) is 11.9 Å². The number of aromatic nitrogens is 2. The van der Waals surface area contributed by atoms with E-state index in [4.69, 9.17) is 4.52 Å². The first kappa shape index (κ1) is 12.7. The molecule has 5 heteroatoms. The Morgan fingerprint density at radius 1 is 1.44 bits per heavy atom. The molecule has 96 valence electrons. The van der Waals surface area contributed by atoms with Crippen molar-refractivity contribution in [3.8, 4) is 11.5 Å². The molecule has 0 bridgehead atoms. The van der Waals surface area contributed by atoms with Gasteiger partial charge in [-0.15, -0.1) is 0 Å². The number of nitrogens with zero attached hydrogens (tertiary/aromatic N) is 2. The number of aliphatic hydroxyl groups excluding tert-OH is 1. The second-order valence-corrected chi connectivity index (χ2v) is 4.23. The topological polar surface area (TPSA) is 59.2 Å². The maximum absolute atomic E-state index is 13.4. The van der Waals surface area contributed by atoms with Crippen LogP contribution in [0, 0.1) is 12.7 Å². The average Bonchev–Trinajstić information content (AvgIpc) is 2.82. The third kappa shape index (κ3) is 2.56. The molecular formula is C13H15FN2O2. The van der Waals surface area contributed by atoms with E-state index in [9.17, 15) is 9.50 Å². The molecule has 2 aromatic rings. The molecule has 0 saturated carbocycles. The molecule has 0 saturated heterocycles. The minimum atomic E-state index is -0.734. The van der Waals surface area contributed by atoms with Crippen LogP contribution in [0.15, 0.2) is 22.7 Å². The van der Waals surface area contributed by atoms with Crippen LogP contribution < -0.4 is 0 Å². The van der Waals surface area contributed by atoms with Crippen LogP contribution in [-0.4, -0.2) is 15.2 Å². The number of rotatable bonds is 4. The van der Waals surface area contributed by atoms with Crippen molar-refractivity contribution in [3.05, 3.63) is 35.4 Å². The number of benzene rings is 1. The maximum Gasteiger partial charge on any atom is 0.258 e. The van der Waals surface area contributed by atoms with Crippen LogP contribution in [0.1, 0.15) is 37.3 Å². The van der Waals surface area contributed by atoms with E-state index in [-0.39, 0.29) is 17.5 Å². The molecule has 0 aliphatic rings. The highest BCUT2D eigenvalue weighted by molar-refractivity contribution is 5.53. The summed E-state index contributed by atoms with van der Waals surface area (Å²) < 4.78 is 18.4. The molecule has 4 nitrogen and oxygen atoms in total. The van der Waals surface area contributed by atoms with E-state index in [0.29, 0.717) is 17.5 Å². The zero-order valence-electron chi connectivity index (χ0n) is 10.4. The Labute approximate surface area is 104 Å². The zero-order valence-corrected chi connectivity index (χ0v) is 10.4. The Morgan fingerprint density at radius 3 is 2.89 bits per heavy atom. The highest BCUT2D eigenvalue weighted by Gasteiger charge is 2.16. The summed E-state index contributed by atoms with van der Waals surface area (Å²) in [6, 6.07) is 4.71. The third-order valence-electron chi connectivity index (χ3n) is 2.72. The summed E-state index contributed by atoms with van der Waals surface area (Å²) in [7, 11) is 0. The van der Waals surface area contributed by atoms with Crippen molar-refractivity contribution in [2.45, 2.75) is 32.8 Å². The molecule has 1 aromatic carbocycles. The van der Waals surface area contributed by atoms with Crippen LogP contribution in [0.2, 0.25) is 0 Å². The normalized spacial score (nSPS) is 12.7. The van der Waals surface area contributed by atoms with Crippen LogP contribution in [0.25, 0.3) is 11.5 Å². The molecular weight excluding hydrogens is 235 g/mol. The predicted octanol–water partition coefficient (Wildman–Crippen LogP) is 3.02. The van der Waals surface area contributed by atoms with Gasteiger partial charge in [-0.1, -0.05) is 24.6 Å². The molecule has 1 N–H and O–H groups in total. The van der Waals surface area contributed by atoms with Gasteiger partial charge >= 0.3 is 0 Å².